The highest BCUT2D eigenvalue weighted by Gasteiger charge is 2.24. The van der Waals surface area contributed by atoms with Crippen LogP contribution < -0.4 is 14.2 Å². The zero-order valence-corrected chi connectivity index (χ0v) is 14.9. The second-order valence-corrected chi connectivity index (χ2v) is 5.57. The molecule has 0 bridgehead atoms. The molecule has 1 heterocycles. The van der Waals surface area contributed by atoms with Crippen LogP contribution in [-0.4, -0.2) is 26.8 Å². The second kappa shape index (κ2) is 7.78. The van der Waals surface area contributed by atoms with Crippen molar-refractivity contribution < 1.29 is 23.7 Å². The Morgan fingerprint density at radius 1 is 1.00 bits per heavy atom. The zero-order valence-electron chi connectivity index (χ0n) is 14.9. The number of hydrogen-bond donors (Lipinski definition) is 0. The normalized spacial score (nSPS) is 14.8. The average Bonchev–Trinajstić information content (AvgIpc) is 3.03. The summed E-state index contributed by atoms with van der Waals surface area (Å²) in [6.45, 7) is 2.55. The van der Waals surface area contributed by atoms with Crippen LogP contribution in [0, 0.1) is 0 Å². The minimum atomic E-state index is -0.404. The van der Waals surface area contributed by atoms with E-state index in [9.17, 15) is 4.79 Å². The Labute approximate surface area is 152 Å². The fraction of sp³-hybridized carbons (Fsp3) is 0.190. The molecule has 5 nitrogen and oxygen atoms in total. The number of carbonyl (C=O) groups is 1. The van der Waals surface area contributed by atoms with E-state index in [-0.39, 0.29) is 0 Å². The van der Waals surface area contributed by atoms with E-state index in [1.807, 2.05) is 31.2 Å². The molecule has 0 unspecified atom stereocenters. The van der Waals surface area contributed by atoms with Gasteiger partial charge in [0, 0.05) is 0 Å². The lowest BCUT2D eigenvalue weighted by Gasteiger charge is -2.10. The number of carbonyl (C=O) groups excluding carboxylic acids is 1. The van der Waals surface area contributed by atoms with Gasteiger partial charge in [0.05, 0.1) is 32.0 Å². The molecule has 0 radical (unpaired) electrons. The van der Waals surface area contributed by atoms with Crippen molar-refractivity contribution in [3.05, 3.63) is 65.2 Å². The molecule has 0 aromatic heterocycles. The largest absolute Gasteiger partial charge is 0.497 e. The monoisotopic (exact) mass is 352 g/mol. The van der Waals surface area contributed by atoms with Crippen LogP contribution in [0.5, 0.6) is 17.2 Å². The third-order valence-electron chi connectivity index (χ3n) is 3.91. The Morgan fingerprint density at radius 3 is 2.38 bits per heavy atom. The number of ether oxygens (including phenoxy) is 4. The molecule has 134 valence electrons. The standard InChI is InChI=1S/C21H20O5/c1-4-25-16-7-5-14(6-8-16)11-15-12-20(26-21(15)22)18-13-17(23-2)9-10-19(18)24-3/h5-13H,4H2,1-3H3. The molecule has 0 saturated carbocycles. The molecule has 0 aliphatic carbocycles. The molecule has 0 fully saturated rings. The highest BCUT2D eigenvalue weighted by Crippen LogP contribution is 2.35. The molecule has 0 saturated heterocycles. The van der Waals surface area contributed by atoms with Gasteiger partial charge < -0.3 is 18.9 Å². The van der Waals surface area contributed by atoms with Gasteiger partial charge in [-0.15, -0.1) is 0 Å². The van der Waals surface area contributed by atoms with Gasteiger partial charge in [-0.05, 0) is 55.0 Å². The molecular formula is C21H20O5. The van der Waals surface area contributed by atoms with Crippen molar-refractivity contribution in [3.8, 4) is 17.2 Å². The van der Waals surface area contributed by atoms with E-state index in [1.54, 1.807) is 44.6 Å². The van der Waals surface area contributed by atoms with Gasteiger partial charge in [0.15, 0.2) is 0 Å². The Kier molecular flexibility index (Phi) is 5.27. The van der Waals surface area contributed by atoms with Crippen LogP contribution in [0.4, 0.5) is 0 Å². The highest BCUT2D eigenvalue weighted by atomic mass is 16.5. The lowest BCUT2D eigenvalue weighted by molar-refractivity contribution is -0.130. The number of hydrogen-bond acceptors (Lipinski definition) is 5. The molecule has 26 heavy (non-hydrogen) atoms. The molecular weight excluding hydrogens is 332 g/mol. The summed E-state index contributed by atoms with van der Waals surface area (Å²) in [6, 6.07) is 12.9. The van der Waals surface area contributed by atoms with Crippen LogP contribution in [0.25, 0.3) is 11.8 Å². The summed E-state index contributed by atoms with van der Waals surface area (Å²) in [7, 11) is 3.15. The molecule has 3 rings (SSSR count). The Morgan fingerprint density at radius 2 is 1.73 bits per heavy atom. The number of esters is 1. The van der Waals surface area contributed by atoms with Gasteiger partial charge in [0.2, 0.25) is 0 Å². The van der Waals surface area contributed by atoms with Crippen LogP contribution in [0.2, 0.25) is 0 Å². The third kappa shape index (κ3) is 3.72. The summed E-state index contributed by atoms with van der Waals surface area (Å²) in [5.74, 6) is 2.08. The Hall–Kier alpha value is -3.21. The van der Waals surface area contributed by atoms with Gasteiger partial charge in [-0.1, -0.05) is 12.1 Å². The van der Waals surface area contributed by atoms with Crippen molar-refractivity contribution in [3.63, 3.8) is 0 Å². The fourth-order valence-corrected chi connectivity index (χ4v) is 2.63. The van der Waals surface area contributed by atoms with E-state index in [2.05, 4.69) is 0 Å². The van der Waals surface area contributed by atoms with Crippen molar-refractivity contribution in [2.24, 2.45) is 0 Å². The lowest BCUT2D eigenvalue weighted by Crippen LogP contribution is -1.99. The minimum absolute atomic E-state index is 0.404. The van der Waals surface area contributed by atoms with Gasteiger partial charge in [-0.25, -0.2) is 4.79 Å². The predicted molar refractivity (Wildman–Crippen MR) is 99.2 cm³/mol. The summed E-state index contributed by atoms with van der Waals surface area (Å²) < 4.78 is 21.5. The van der Waals surface area contributed by atoms with E-state index in [0.29, 0.717) is 35.0 Å². The maximum Gasteiger partial charge on any atom is 0.343 e. The third-order valence-corrected chi connectivity index (χ3v) is 3.91. The van der Waals surface area contributed by atoms with Crippen molar-refractivity contribution in [2.75, 3.05) is 20.8 Å². The SMILES string of the molecule is CCOc1ccc(C=C2C=C(c3cc(OC)ccc3OC)OC2=O)cc1. The molecule has 1 aliphatic heterocycles. The van der Waals surface area contributed by atoms with Gasteiger partial charge in [0.25, 0.3) is 0 Å². The van der Waals surface area contributed by atoms with Gasteiger partial charge in [-0.2, -0.15) is 0 Å². The highest BCUT2D eigenvalue weighted by molar-refractivity contribution is 6.05. The smallest absolute Gasteiger partial charge is 0.343 e. The summed E-state index contributed by atoms with van der Waals surface area (Å²) in [5.41, 5.74) is 2.01. The summed E-state index contributed by atoms with van der Waals surface area (Å²) in [4.78, 5) is 12.2. The van der Waals surface area contributed by atoms with Crippen molar-refractivity contribution in [2.45, 2.75) is 6.92 Å². The van der Waals surface area contributed by atoms with Crippen LogP contribution >= 0.6 is 0 Å². The summed E-state index contributed by atoms with van der Waals surface area (Å²) in [6.07, 6.45) is 3.48. The fourth-order valence-electron chi connectivity index (χ4n) is 2.63. The molecule has 2 aromatic carbocycles. The van der Waals surface area contributed by atoms with E-state index in [4.69, 9.17) is 18.9 Å². The van der Waals surface area contributed by atoms with E-state index < -0.39 is 5.97 Å². The molecule has 0 spiro atoms. The molecule has 5 heteroatoms. The lowest BCUT2D eigenvalue weighted by atomic mass is 10.1. The van der Waals surface area contributed by atoms with Crippen LogP contribution in [0.15, 0.2) is 54.1 Å². The van der Waals surface area contributed by atoms with Gasteiger partial charge in [0.1, 0.15) is 23.0 Å². The first-order valence-corrected chi connectivity index (χ1v) is 8.25. The molecule has 0 atom stereocenters. The average molecular weight is 352 g/mol. The summed E-state index contributed by atoms with van der Waals surface area (Å²) in [5, 5.41) is 0. The number of rotatable bonds is 6. The van der Waals surface area contributed by atoms with Crippen LogP contribution in [0.3, 0.4) is 0 Å². The molecule has 1 aliphatic rings. The van der Waals surface area contributed by atoms with Gasteiger partial charge >= 0.3 is 5.97 Å². The first-order valence-electron chi connectivity index (χ1n) is 8.25. The van der Waals surface area contributed by atoms with Crippen LogP contribution in [-0.2, 0) is 9.53 Å². The second-order valence-electron chi connectivity index (χ2n) is 5.57. The maximum absolute atomic E-state index is 12.2. The predicted octanol–water partition coefficient (Wildman–Crippen LogP) is 4.08. The first-order chi connectivity index (χ1) is 12.6. The number of benzene rings is 2. The van der Waals surface area contributed by atoms with Crippen molar-refractivity contribution in [1.29, 1.82) is 0 Å². The van der Waals surface area contributed by atoms with E-state index >= 15 is 0 Å². The molecule has 0 N–H and O–H groups in total. The quantitative estimate of drug-likeness (QED) is 0.579. The Bertz CT molecular complexity index is 862. The molecule has 0 amide bonds. The Balaban J connectivity index is 1.91. The van der Waals surface area contributed by atoms with E-state index in [1.165, 1.54) is 0 Å². The van der Waals surface area contributed by atoms with Crippen molar-refractivity contribution >= 4 is 17.8 Å². The van der Waals surface area contributed by atoms with E-state index in [0.717, 1.165) is 11.3 Å². The maximum atomic E-state index is 12.2. The van der Waals surface area contributed by atoms with Gasteiger partial charge in [-0.3, -0.25) is 0 Å². The van der Waals surface area contributed by atoms with Crippen molar-refractivity contribution in [1.82, 2.24) is 0 Å². The van der Waals surface area contributed by atoms with Crippen LogP contribution in [0.1, 0.15) is 18.1 Å². The molecule has 2 aromatic rings. The zero-order chi connectivity index (χ0) is 18.5. The number of methoxy groups -OCH3 is 2. The topological polar surface area (TPSA) is 54.0 Å². The first kappa shape index (κ1) is 17.6. The summed E-state index contributed by atoms with van der Waals surface area (Å²) >= 11 is 0. The number of cyclic esters (lactones) is 1. The minimum Gasteiger partial charge on any atom is -0.497 e.